The van der Waals surface area contributed by atoms with Crippen molar-refractivity contribution >= 4 is 35.2 Å². The molecule has 3 heterocycles. The van der Waals surface area contributed by atoms with E-state index < -0.39 is 23.9 Å². The van der Waals surface area contributed by atoms with Gasteiger partial charge in [0.05, 0.1) is 31.7 Å². The van der Waals surface area contributed by atoms with Crippen LogP contribution in [-0.2, 0) is 14.4 Å². The maximum atomic E-state index is 14.1. The molecule has 3 amide bonds. The average molecular weight is 605 g/mol. The molecule has 0 N–H and O–H groups in total. The summed E-state index contributed by atoms with van der Waals surface area (Å²) in [5.74, 6) is 0.245. The van der Waals surface area contributed by atoms with Gasteiger partial charge in [0.2, 0.25) is 0 Å². The van der Waals surface area contributed by atoms with E-state index >= 15 is 0 Å². The molecule has 4 aliphatic rings. The number of imide groups is 1. The number of rotatable bonds is 7. The quantitative estimate of drug-likeness (QED) is 0.357. The third-order valence-corrected chi connectivity index (χ3v) is 8.84. The second kappa shape index (κ2) is 11.6. The van der Waals surface area contributed by atoms with Crippen molar-refractivity contribution in [2.75, 3.05) is 25.7 Å². The van der Waals surface area contributed by atoms with Crippen molar-refractivity contribution in [1.29, 1.82) is 0 Å². The molecule has 7 rings (SSSR count). The lowest BCUT2D eigenvalue weighted by atomic mass is 9.77. The normalized spacial score (nSPS) is 24.6. The van der Waals surface area contributed by atoms with Gasteiger partial charge in [0, 0.05) is 5.92 Å². The maximum absolute atomic E-state index is 14.1. The molecule has 0 spiro atoms. The largest absolute Gasteiger partial charge is 0.497 e. The van der Waals surface area contributed by atoms with Crippen LogP contribution in [0.25, 0.3) is 6.08 Å². The number of hydrogen-bond acceptors (Lipinski definition) is 9. The zero-order valence-electron chi connectivity index (χ0n) is 24.9. The van der Waals surface area contributed by atoms with Crippen molar-refractivity contribution in [3.63, 3.8) is 0 Å². The van der Waals surface area contributed by atoms with Crippen molar-refractivity contribution in [3.05, 3.63) is 95.6 Å². The number of fused-ring (bicyclic) bond motifs is 2. The van der Waals surface area contributed by atoms with Crippen molar-refractivity contribution in [2.45, 2.75) is 37.4 Å². The first-order chi connectivity index (χ1) is 22.0. The Labute approximate surface area is 260 Å². The molecule has 1 aliphatic carbocycles. The smallest absolute Gasteiger partial charge is 0.264 e. The van der Waals surface area contributed by atoms with Gasteiger partial charge < -0.3 is 9.47 Å². The first kappa shape index (κ1) is 28.5. The first-order valence-electron chi connectivity index (χ1n) is 15.0. The van der Waals surface area contributed by atoms with Crippen molar-refractivity contribution in [1.82, 2.24) is 10.0 Å². The predicted molar refractivity (Wildman–Crippen MR) is 166 cm³/mol. The minimum Gasteiger partial charge on any atom is -0.497 e. The fraction of sp³-hybridized carbons (Fsp3) is 0.294. The Bertz CT molecular complexity index is 1720. The summed E-state index contributed by atoms with van der Waals surface area (Å²) in [7, 11) is 3.26. The lowest BCUT2D eigenvalue weighted by molar-refractivity contribution is -0.136. The summed E-state index contributed by atoms with van der Waals surface area (Å²) in [5, 5.41) is 16.0. The van der Waals surface area contributed by atoms with Gasteiger partial charge in [-0.2, -0.15) is 10.2 Å². The zero-order valence-corrected chi connectivity index (χ0v) is 24.9. The van der Waals surface area contributed by atoms with Crippen LogP contribution < -0.4 is 14.4 Å². The van der Waals surface area contributed by atoms with Gasteiger partial charge in [-0.25, -0.2) is 9.91 Å². The summed E-state index contributed by atoms with van der Waals surface area (Å²) in [6.07, 6.45) is 4.79. The molecule has 11 heteroatoms. The highest BCUT2D eigenvalue weighted by atomic mass is 16.5. The van der Waals surface area contributed by atoms with Gasteiger partial charge in [-0.15, -0.1) is 0 Å². The molecule has 45 heavy (non-hydrogen) atoms. The molecule has 3 aromatic carbocycles. The number of carbonyl (C=O) groups is 3. The lowest BCUT2D eigenvalue weighted by Crippen LogP contribution is -2.45. The van der Waals surface area contributed by atoms with Gasteiger partial charge in [0.15, 0.2) is 12.1 Å². The third kappa shape index (κ3) is 5.03. The minimum atomic E-state index is -0.991. The molecular formula is C34H32N6O5. The number of amides is 3. The van der Waals surface area contributed by atoms with Gasteiger partial charge in [0.1, 0.15) is 18.0 Å². The van der Waals surface area contributed by atoms with E-state index in [1.807, 2.05) is 54.6 Å². The highest BCUT2D eigenvalue weighted by Crippen LogP contribution is 2.45. The number of anilines is 1. The highest BCUT2D eigenvalue weighted by Gasteiger charge is 2.55. The summed E-state index contributed by atoms with van der Waals surface area (Å²) in [6.45, 7) is -0.250. The summed E-state index contributed by atoms with van der Waals surface area (Å²) in [6, 6.07) is 21.9. The molecule has 1 saturated carbocycles. The van der Waals surface area contributed by atoms with E-state index in [1.165, 1.54) is 10.0 Å². The third-order valence-electron chi connectivity index (χ3n) is 8.84. The van der Waals surface area contributed by atoms with Crippen LogP contribution >= 0.6 is 0 Å². The number of para-hydroxylation sites is 1. The van der Waals surface area contributed by atoms with E-state index in [-0.39, 0.29) is 24.4 Å². The Hall–Kier alpha value is -5.32. The molecule has 0 bridgehead atoms. The number of methoxy groups -OCH3 is 2. The molecule has 228 valence electrons. The van der Waals surface area contributed by atoms with Crippen LogP contribution in [0.2, 0.25) is 0 Å². The number of carbonyl (C=O) groups excluding carboxylic acids is 3. The average Bonchev–Trinajstić information content (AvgIpc) is 3.75. The van der Waals surface area contributed by atoms with Crippen molar-refractivity contribution < 1.29 is 23.9 Å². The highest BCUT2D eigenvalue weighted by molar-refractivity contribution is 6.25. The first-order valence-corrected chi connectivity index (χ1v) is 15.0. The predicted octanol–water partition coefficient (Wildman–Crippen LogP) is 4.82. The molecule has 4 atom stereocenters. The number of ether oxygens (including phenoxy) is 2. The number of allylic oxidation sites excluding steroid dienone is 1. The summed E-state index contributed by atoms with van der Waals surface area (Å²) in [4.78, 5) is 41.9. The van der Waals surface area contributed by atoms with E-state index in [1.54, 1.807) is 38.5 Å². The molecule has 2 fully saturated rings. The monoisotopic (exact) mass is 604 g/mol. The van der Waals surface area contributed by atoms with E-state index in [4.69, 9.17) is 14.6 Å². The van der Waals surface area contributed by atoms with E-state index in [9.17, 15) is 14.4 Å². The van der Waals surface area contributed by atoms with Gasteiger partial charge in [-0.05, 0) is 78.4 Å². The van der Waals surface area contributed by atoms with Gasteiger partial charge >= 0.3 is 0 Å². The van der Waals surface area contributed by atoms with Crippen LogP contribution in [0.15, 0.2) is 99.9 Å². The van der Waals surface area contributed by atoms with Crippen molar-refractivity contribution in [3.8, 4) is 11.5 Å². The number of benzene rings is 3. The maximum Gasteiger partial charge on any atom is 0.264 e. The van der Waals surface area contributed by atoms with E-state index in [0.29, 0.717) is 5.69 Å². The fourth-order valence-corrected chi connectivity index (χ4v) is 6.64. The number of hydrogen-bond donors (Lipinski definition) is 0. The van der Waals surface area contributed by atoms with Crippen molar-refractivity contribution in [2.24, 2.45) is 21.4 Å². The second-order valence-corrected chi connectivity index (χ2v) is 11.4. The van der Waals surface area contributed by atoms with Crippen LogP contribution in [0.4, 0.5) is 5.69 Å². The van der Waals surface area contributed by atoms with Crippen LogP contribution in [0.1, 0.15) is 36.4 Å². The van der Waals surface area contributed by atoms with Gasteiger partial charge in [-0.3, -0.25) is 19.4 Å². The van der Waals surface area contributed by atoms with Crippen LogP contribution in [0.5, 0.6) is 11.5 Å². The Balaban J connectivity index is 1.19. The molecule has 1 saturated heterocycles. The zero-order chi connectivity index (χ0) is 31.1. The fourth-order valence-electron chi connectivity index (χ4n) is 6.64. The van der Waals surface area contributed by atoms with Gasteiger partial charge in [-0.1, -0.05) is 47.7 Å². The lowest BCUT2D eigenvalue weighted by Gasteiger charge is -2.30. The molecule has 0 aromatic heterocycles. The Morgan fingerprint density at radius 3 is 2.27 bits per heavy atom. The Morgan fingerprint density at radius 1 is 0.889 bits per heavy atom. The summed E-state index contributed by atoms with van der Waals surface area (Å²) in [5.41, 5.74) is 4.39. The Morgan fingerprint density at radius 2 is 1.58 bits per heavy atom. The molecular weight excluding hydrogens is 572 g/mol. The molecule has 3 aromatic rings. The SMILES string of the molecule is COc1ccc(/C=C2\CCC[C@H]3C2=NN(C(=O)CN2N=N[C@@H]4C(=O)N(c5ccccc5)C(=O)[C@@H]42)[C@@H]3c2ccc(OC)cc2)cc1. The summed E-state index contributed by atoms with van der Waals surface area (Å²) >= 11 is 0. The molecule has 0 unspecified atom stereocenters. The van der Waals surface area contributed by atoms with Crippen LogP contribution in [-0.4, -0.2) is 66.3 Å². The Kier molecular flexibility index (Phi) is 7.36. The standard InChI is InChI=1S/C34H32N6O5/c1-44-25-15-11-21(12-16-25)19-23-7-6-10-27-29(23)36-40(31(27)22-13-17-26(45-2)18-14-22)28(41)20-38-32-30(35-37-38)33(42)39(34(32)43)24-8-4-3-5-9-24/h3-5,8-9,11-19,27,30-32H,6-7,10,20H2,1-2H3/b23-19+/t27-,30-,31+,32+/m0/s1. The van der Waals surface area contributed by atoms with E-state index in [0.717, 1.165) is 58.1 Å². The van der Waals surface area contributed by atoms with Crippen LogP contribution in [0, 0.1) is 5.92 Å². The molecule has 11 nitrogen and oxygen atoms in total. The van der Waals surface area contributed by atoms with Crippen LogP contribution in [0.3, 0.4) is 0 Å². The second-order valence-electron chi connectivity index (χ2n) is 11.4. The minimum absolute atomic E-state index is 0.0168. The number of hydrazone groups is 1. The number of nitrogens with zero attached hydrogens (tertiary/aromatic N) is 6. The van der Waals surface area contributed by atoms with E-state index in [2.05, 4.69) is 16.4 Å². The molecule has 0 radical (unpaired) electrons. The molecule has 3 aliphatic heterocycles. The summed E-state index contributed by atoms with van der Waals surface area (Å²) < 4.78 is 10.7. The topological polar surface area (TPSA) is 116 Å². The van der Waals surface area contributed by atoms with Gasteiger partial charge in [0.25, 0.3) is 17.7 Å².